The van der Waals surface area contributed by atoms with E-state index in [1.54, 1.807) is 0 Å². The minimum atomic E-state index is 0.665. The van der Waals surface area contributed by atoms with Gasteiger partial charge in [0.05, 0.1) is 22.4 Å². The predicted molar refractivity (Wildman–Crippen MR) is 282 cm³/mol. The molecule has 0 amide bonds. The Bertz CT molecular complexity index is 3410. The van der Waals surface area contributed by atoms with Crippen LogP contribution in [0.4, 0.5) is 0 Å². The van der Waals surface area contributed by atoms with E-state index >= 15 is 0 Å². The molecule has 0 aliphatic heterocycles. The normalized spacial score (nSPS) is 11.2. The number of fused-ring (bicyclic) bond motifs is 2. The van der Waals surface area contributed by atoms with Crippen LogP contribution in [0.5, 0.6) is 0 Å². The maximum atomic E-state index is 5.40. The summed E-state index contributed by atoms with van der Waals surface area (Å²) < 4.78 is 0. The molecular weight excluding hydrogens is 825 g/mol. The molecular formula is C64H42N4. The molecule has 0 aliphatic rings. The zero-order chi connectivity index (χ0) is 45.2. The maximum Gasteiger partial charge on any atom is 0.160 e. The zero-order valence-corrected chi connectivity index (χ0v) is 37.0. The van der Waals surface area contributed by atoms with Gasteiger partial charge >= 0.3 is 0 Å². The summed E-state index contributed by atoms with van der Waals surface area (Å²) in [7, 11) is 0. The number of nitrogens with zero attached hydrogens (tertiary/aromatic N) is 4. The number of rotatable bonds is 9. The Morgan fingerprint density at radius 3 is 0.794 bits per heavy atom. The standard InChI is InChI=1S/C64H42N4/c1-5-19-43(20-6-1)51-37-52(44-21-7-2-8-22-44)40-55(39-51)61-57-31-13-15-33-59(57)65-63(67-61)49-29-17-27-47(35-49)48-28-18-30-50(36-48)64-66-60-34-16-14-32-58(60)62(68-64)56-41-53(45-23-9-3-10-24-45)38-54(42-56)46-25-11-4-12-26-46/h1-42H. The first kappa shape index (κ1) is 40.4. The quantitative estimate of drug-likeness (QED) is 0.145. The molecule has 0 bridgehead atoms. The van der Waals surface area contributed by atoms with Gasteiger partial charge in [0.2, 0.25) is 0 Å². The lowest BCUT2D eigenvalue weighted by atomic mass is 9.94. The van der Waals surface area contributed by atoms with Crippen LogP contribution in [-0.2, 0) is 0 Å². The van der Waals surface area contributed by atoms with E-state index in [2.05, 4.69) is 243 Å². The van der Waals surface area contributed by atoms with Crippen LogP contribution in [0.3, 0.4) is 0 Å². The van der Waals surface area contributed by atoms with Crippen LogP contribution in [-0.4, -0.2) is 19.9 Å². The highest BCUT2D eigenvalue weighted by Crippen LogP contribution is 2.39. The molecule has 0 saturated heterocycles. The van der Waals surface area contributed by atoms with Crippen molar-refractivity contribution >= 4 is 21.8 Å². The lowest BCUT2D eigenvalue weighted by Gasteiger charge is -2.14. The highest BCUT2D eigenvalue weighted by molar-refractivity contribution is 5.97. The van der Waals surface area contributed by atoms with Gasteiger partial charge in [-0.05, 0) is 116 Å². The Kier molecular flexibility index (Phi) is 10.5. The Hall–Kier alpha value is -9.12. The summed E-state index contributed by atoms with van der Waals surface area (Å²) in [6.07, 6.45) is 0. The van der Waals surface area contributed by atoms with Gasteiger partial charge in [-0.3, -0.25) is 0 Å². The second-order valence-corrected chi connectivity index (χ2v) is 17.0. The minimum absolute atomic E-state index is 0.665. The van der Waals surface area contributed by atoms with Gasteiger partial charge in [0.1, 0.15) is 0 Å². The monoisotopic (exact) mass is 866 g/mol. The number of aromatic nitrogens is 4. The first-order chi connectivity index (χ1) is 33.7. The first-order valence-electron chi connectivity index (χ1n) is 22.9. The Morgan fingerprint density at radius 1 is 0.176 bits per heavy atom. The van der Waals surface area contributed by atoms with Crippen molar-refractivity contribution in [2.75, 3.05) is 0 Å². The summed E-state index contributed by atoms with van der Waals surface area (Å²) in [6, 6.07) is 89.5. The smallest absolute Gasteiger partial charge is 0.160 e. The molecule has 0 spiro atoms. The molecule has 318 valence electrons. The third kappa shape index (κ3) is 8.01. The molecule has 0 aliphatic carbocycles. The summed E-state index contributed by atoms with van der Waals surface area (Å²) >= 11 is 0. The van der Waals surface area contributed by atoms with Gasteiger partial charge in [-0.25, -0.2) is 19.9 Å². The van der Waals surface area contributed by atoms with Crippen molar-refractivity contribution in [1.29, 1.82) is 0 Å². The molecule has 12 aromatic rings. The van der Waals surface area contributed by atoms with E-state index in [0.717, 1.165) is 111 Å². The van der Waals surface area contributed by atoms with E-state index in [1.807, 2.05) is 12.1 Å². The van der Waals surface area contributed by atoms with Crippen molar-refractivity contribution in [1.82, 2.24) is 19.9 Å². The molecule has 0 unspecified atom stereocenters. The van der Waals surface area contributed by atoms with Gasteiger partial charge in [0.25, 0.3) is 0 Å². The summed E-state index contributed by atoms with van der Waals surface area (Å²) in [4.78, 5) is 21.2. The van der Waals surface area contributed by atoms with Gasteiger partial charge in [-0.15, -0.1) is 0 Å². The van der Waals surface area contributed by atoms with Crippen molar-refractivity contribution in [2.45, 2.75) is 0 Å². The largest absolute Gasteiger partial charge is 0.228 e. The molecule has 4 nitrogen and oxygen atoms in total. The van der Waals surface area contributed by atoms with Crippen molar-refractivity contribution in [3.63, 3.8) is 0 Å². The van der Waals surface area contributed by atoms with Crippen LogP contribution < -0.4 is 0 Å². The number of benzene rings is 10. The van der Waals surface area contributed by atoms with Crippen molar-refractivity contribution in [3.05, 3.63) is 255 Å². The molecule has 4 heteroatoms. The van der Waals surface area contributed by atoms with Gasteiger partial charge in [-0.1, -0.05) is 194 Å². The highest BCUT2D eigenvalue weighted by Gasteiger charge is 2.18. The van der Waals surface area contributed by atoms with Crippen LogP contribution in [0.15, 0.2) is 255 Å². The fraction of sp³-hybridized carbons (Fsp3) is 0. The Balaban J connectivity index is 0.953. The molecule has 2 heterocycles. The van der Waals surface area contributed by atoms with Crippen molar-refractivity contribution in [2.24, 2.45) is 0 Å². The van der Waals surface area contributed by atoms with Crippen LogP contribution in [0, 0.1) is 0 Å². The van der Waals surface area contributed by atoms with Crippen molar-refractivity contribution < 1.29 is 0 Å². The average Bonchev–Trinajstić information content (AvgIpc) is 3.43. The van der Waals surface area contributed by atoms with Gasteiger partial charge in [0.15, 0.2) is 11.6 Å². The first-order valence-corrected chi connectivity index (χ1v) is 22.9. The third-order valence-corrected chi connectivity index (χ3v) is 12.6. The fourth-order valence-electron chi connectivity index (χ4n) is 9.24. The summed E-state index contributed by atoms with van der Waals surface area (Å²) in [5.74, 6) is 1.33. The lowest BCUT2D eigenvalue weighted by Crippen LogP contribution is -1.97. The molecule has 2 aromatic heterocycles. The third-order valence-electron chi connectivity index (χ3n) is 12.6. The second-order valence-electron chi connectivity index (χ2n) is 17.0. The molecule has 0 fully saturated rings. The number of hydrogen-bond donors (Lipinski definition) is 0. The van der Waals surface area contributed by atoms with Gasteiger partial charge in [0, 0.05) is 33.0 Å². The molecule has 0 radical (unpaired) electrons. The number of para-hydroxylation sites is 2. The van der Waals surface area contributed by atoms with E-state index in [4.69, 9.17) is 19.9 Å². The molecule has 12 rings (SSSR count). The SMILES string of the molecule is c1ccc(-c2cc(-c3ccccc3)cc(-c3nc(-c4cccc(-c5cccc(-c6nc(-c7cc(-c8ccccc8)cc(-c8ccccc8)c7)c7ccccc7n6)c5)c4)nc4ccccc34)c2)cc1. The Labute approximate surface area is 395 Å². The van der Waals surface area contributed by atoms with Crippen LogP contribution in [0.25, 0.3) is 123 Å². The van der Waals surface area contributed by atoms with E-state index in [9.17, 15) is 0 Å². The van der Waals surface area contributed by atoms with E-state index < -0.39 is 0 Å². The summed E-state index contributed by atoms with van der Waals surface area (Å²) in [6.45, 7) is 0. The molecule has 0 atom stereocenters. The van der Waals surface area contributed by atoms with E-state index in [0.29, 0.717) is 11.6 Å². The summed E-state index contributed by atoms with van der Waals surface area (Å²) in [5, 5.41) is 2.00. The van der Waals surface area contributed by atoms with Crippen molar-refractivity contribution in [3.8, 4) is 101 Å². The van der Waals surface area contributed by atoms with Crippen LogP contribution in [0.2, 0.25) is 0 Å². The second kappa shape index (κ2) is 17.7. The highest BCUT2D eigenvalue weighted by atomic mass is 14.9. The predicted octanol–water partition coefficient (Wildman–Crippen LogP) is 16.6. The molecule has 68 heavy (non-hydrogen) atoms. The minimum Gasteiger partial charge on any atom is -0.228 e. The molecule has 0 N–H and O–H groups in total. The topological polar surface area (TPSA) is 51.6 Å². The lowest BCUT2D eigenvalue weighted by molar-refractivity contribution is 1.23. The Morgan fingerprint density at radius 2 is 0.441 bits per heavy atom. The van der Waals surface area contributed by atoms with Gasteiger partial charge in [-0.2, -0.15) is 0 Å². The van der Waals surface area contributed by atoms with E-state index in [-0.39, 0.29) is 0 Å². The molecule has 10 aromatic carbocycles. The average molecular weight is 867 g/mol. The van der Waals surface area contributed by atoms with E-state index in [1.165, 1.54) is 0 Å². The summed E-state index contributed by atoms with van der Waals surface area (Å²) in [5.41, 5.74) is 18.7. The zero-order valence-electron chi connectivity index (χ0n) is 37.0. The van der Waals surface area contributed by atoms with Crippen LogP contribution in [0.1, 0.15) is 0 Å². The fourth-order valence-corrected chi connectivity index (χ4v) is 9.24. The van der Waals surface area contributed by atoms with Gasteiger partial charge < -0.3 is 0 Å². The molecule has 0 saturated carbocycles. The van der Waals surface area contributed by atoms with Crippen LogP contribution >= 0.6 is 0 Å². The number of hydrogen-bond acceptors (Lipinski definition) is 4. The maximum absolute atomic E-state index is 5.40.